The molecule has 7 aromatic carbocycles. The molecule has 11 aromatic heterocycles. The van der Waals surface area contributed by atoms with Crippen LogP contribution < -0.4 is 52.8 Å². The van der Waals surface area contributed by atoms with Gasteiger partial charge in [0, 0.05) is 241 Å². The first-order valence-electron chi connectivity index (χ1n) is 47.0. The molecule has 16 heterocycles. The van der Waals surface area contributed by atoms with E-state index >= 15 is 0 Å². The summed E-state index contributed by atoms with van der Waals surface area (Å²) in [5.41, 5.74) is 24.6. The Labute approximate surface area is 813 Å². The van der Waals surface area contributed by atoms with Gasteiger partial charge in [-0.1, -0.05) is 48.5 Å². The Kier molecular flexibility index (Phi) is 26.2. The third-order valence-corrected chi connectivity index (χ3v) is 28.2. The number of hydrogen-bond acceptors (Lipinski definition) is 20. The van der Waals surface area contributed by atoms with Crippen molar-refractivity contribution in [3.63, 3.8) is 0 Å². The summed E-state index contributed by atoms with van der Waals surface area (Å²) in [6.07, 6.45) is 21.7. The number of aromatic nitrogens is 11. The Morgan fingerprint density at radius 1 is 0.390 bits per heavy atom. The zero-order chi connectivity index (χ0) is 96.8. The van der Waals surface area contributed by atoms with Gasteiger partial charge in [0.1, 0.15) is 5.82 Å². The maximum absolute atomic E-state index is 13.1. The number of pyridine rings is 7. The molecule has 708 valence electrons. The number of sulfonamides is 1. The van der Waals surface area contributed by atoms with E-state index in [1.54, 1.807) is 73.6 Å². The Bertz CT molecular complexity index is 7650. The molecule has 3 fully saturated rings. The Morgan fingerprint density at radius 3 is 1.18 bits per heavy atom. The van der Waals surface area contributed by atoms with Crippen molar-refractivity contribution in [3.05, 3.63) is 383 Å². The lowest BCUT2D eigenvalue weighted by Crippen LogP contribution is -2.49. The smallest absolute Gasteiger partial charge is 0.253 e. The van der Waals surface area contributed by atoms with Crippen molar-refractivity contribution in [1.29, 1.82) is 0 Å². The largest absolute Gasteiger partial charge is 0.369 e. The van der Waals surface area contributed by atoms with E-state index in [1.807, 2.05) is 206 Å². The van der Waals surface area contributed by atoms with Crippen LogP contribution in [0.5, 0.6) is 0 Å². The van der Waals surface area contributed by atoms with Crippen LogP contribution >= 0.6 is 0 Å². The number of hydrogen-bond donors (Lipinski definition) is 8. The monoisotopic (exact) mass is 1890 g/mol. The van der Waals surface area contributed by atoms with Gasteiger partial charge in [0.25, 0.3) is 23.6 Å². The molecule has 23 rings (SSSR count). The van der Waals surface area contributed by atoms with Gasteiger partial charge in [-0.15, -0.1) is 0 Å². The van der Waals surface area contributed by atoms with E-state index in [4.69, 9.17) is 0 Å². The first-order valence-corrected chi connectivity index (χ1v) is 48.4. The Hall–Kier alpha value is -17.1. The van der Waals surface area contributed by atoms with Gasteiger partial charge in [-0.3, -0.25) is 51.3 Å². The zero-order valence-electron chi connectivity index (χ0n) is 78.0. The molecular weight excluding hydrogens is 1790 g/mol. The summed E-state index contributed by atoms with van der Waals surface area (Å²) in [7, 11) is -0.458. The number of benzene rings is 7. The van der Waals surface area contributed by atoms with Crippen molar-refractivity contribution < 1.29 is 27.6 Å². The second-order valence-electron chi connectivity index (χ2n) is 35.6. The molecule has 0 atom stereocenters. The van der Waals surface area contributed by atoms with E-state index in [2.05, 4.69) is 166 Å². The number of imidazole rings is 4. The molecule has 0 spiro atoms. The molecule has 32 heteroatoms. The summed E-state index contributed by atoms with van der Waals surface area (Å²) < 4.78 is 33.7. The Balaban J connectivity index is 0.000000115. The summed E-state index contributed by atoms with van der Waals surface area (Å²) in [5, 5.41) is 19.4. The number of piperidine rings is 1. The molecule has 0 saturated carbocycles. The average molecular weight is 1900 g/mol. The molecule has 0 aliphatic carbocycles. The molecule has 5 aliphatic rings. The van der Waals surface area contributed by atoms with Crippen LogP contribution in [-0.2, 0) is 23.1 Å². The van der Waals surface area contributed by atoms with E-state index in [-0.39, 0.29) is 39.6 Å². The number of likely N-dealkylation sites (tertiary alicyclic amines) is 1. The predicted octanol–water partition coefficient (Wildman–Crippen LogP) is 17.0. The number of anilines is 10. The fourth-order valence-electron chi connectivity index (χ4n) is 18.8. The van der Waals surface area contributed by atoms with Crippen molar-refractivity contribution in [2.24, 2.45) is 0 Å². The molecule has 0 radical (unpaired) electrons. The summed E-state index contributed by atoms with van der Waals surface area (Å²) in [6.45, 7) is 14.4. The predicted molar refractivity (Wildman–Crippen MR) is 551 cm³/mol. The van der Waals surface area contributed by atoms with Crippen LogP contribution in [0.4, 0.5) is 57.0 Å². The number of aromatic amines is 2. The molecule has 0 unspecified atom stereocenters. The summed E-state index contributed by atoms with van der Waals surface area (Å²) >= 11 is 0. The van der Waals surface area contributed by atoms with Crippen LogP contribution in [0.1, 0.15) is 90.7 Å². The summed E-state index contributed by atoms with van der Waals surface area (Å²) in [5.74, 6) is 1.54. The van der Waals surface area contributed by atoms with Gasteiger partial charge >= 0.3 is 0 Å². The molecule has 18 aromatic rings. The number of H-pyrrole nitrogens is 2. The second-order valence-corrected chi connectivity index (χ2v) is 37.7. The lowest BCUT2D eigenvalue weighted by Gasteiger charge is -2.38. The highest BCUT2D eigenvalue weighted by molar-refractivity contribution is 7.89. The van der Waals surface area contributed by atoms with Crippen LogP contribution in [0.2, 0.25) is 0 Å². The number of rotatable bonds is 20. The van der Waals surface area contributed by atoms with Gasteiger partial charge in [0.2, 0.25) is 21.1 Å². The minimum Gasteiger partial charge on any atom is -0.369 e. The zero-order valence-corrected chi connectivity index (χ0v) is 78.9. The fourth-order valence-corrected chi connectivity index (χ4v) is 19.7. The number of nitrogens with one attached hydrogen (secondary N) is 8. The van der Waals surface area contributed by atoms with Gasteiger partial charge in [-0.25, -0.2) is 37.6 Å². The SMILES string of the molecule is CC(C)N1CCN(c2ccc(Nc3ccc(-c4ccc5c(c4)CNC5=O)n4ccnc34)cc2)CC1.CN(C)S(=O)(=O)c1ccc(Nc2ccc(-c3ccc4c(c3)CNC4=O)n3ccnc23)cc1.O=C(c1ccc(Nc2ccc(-c3cc[nH]c(=O)c3)n3ccnc23)cc1)N1CCC(c2ccccc2)CC1.O=C(c1ccc(Nc2ccc(-c3cc[nH]c(=O)c3)n3ccnc23)cc1)N1CCN(c2ccccn2)CC1. The van der Waals surface area contributed by atoms with Gasteiger partial charge in [-0.05, 0) is 255 Å². The van der Waals surface area contributed by atoms with Crippen LogP contribution in [0.15, 0.2) is 337 Å². The van der Waals surface area contributed by atoms with Crippen LogP contribution in [-0.4, -0.2) is 189 Å². The molecule has 31 nitrogen and oxygen atoms in total. The standard InChI is InChI=1S/C30H27N5O2.C28H25N7O2.C28H30N6O.C23H21N5O3S/c36-28-20-24(12-15-31-28)27-11-10-26(29-32-16-19-35(27)29)33-25-8-6-23(7-9-25)30(37)34-17-13-22(14-18-34)21-4-2-1-3-5-21;36-26-19-21(10-12-30-26)24-9-8-23(27-31-13-14-35(24)27)32-22-6-4-20(5-7-22)28(37)34-17-15-33(16-18-34)25-3-1-2-11-29-25;1-19(2)32-13-15-33(16-14-32)23-6-4-22(5-7-23)31-25-9-10-26(34-12-11-29-27(25)34)20-3-8-24-21(17-20)18-30-28(24)35;1-27(2)32(30,31)18-6-4-17(5-7-18)26-20-9-10-21(28-12-11-24-22(20)28)15-3-8-19-16(13-15)14-25-23(19)29/h1-12,15-16,19-20,22,33H,13-14,17-18H2,(H,31,36);1-14,19,32H,15-18H2,(H,30,36);3-12,17,19,31H,13-16,18H2,1-2H3,(H,30,35);3-13,26H,14H2,1-2H3,(H,25,29). The molecule has 5 aliphatic heterocycles. The van der Waals surface area contributed by atoms with E-state index < -0.39 is 10.0 Å². The molecule has 3 saturated heterocycles. The molecular formula is C109H103N23O8S. The maximum atomic E-state index is 13.1. The number of amides is 4. The number of piperazine rings is 2. The molecule has 8 N–H and O–H groups in total. The molecule has 4 amide bonds. The van der Waals surface area contributed by atoms with Crippen molar-refractivity contribution >= 4 is 113 Å². The highest BCUT2D eigenvalue weighted by Crippen LogP contribution is 2.37. The van der Waals surface area contributed by atoms with Crippen LogP contribution in [0.3, 0.4) is 0 Å². The number of carbonyl (C=O) groups excluding carboxylic acids is 4. The van der Waals surface area contributed by atoms with Crippen LogP contribution in [0, 0.1) is 0 Å². The van der Waals surface area contributed by atoms with Crippen LogP contribution in [0.25, 0.3) is 67.6 Å². The lowest BCUT2D eigenvalue weighted by atomic mass is 9.89. The van der Waals surface area contributed by atoms with Gasteiger partial charge < -0.3 is 61.5 Å². The maximum Gasteiger partial charge on any atom is 0.253 e. The fraction of sp³-hybridized carbons (Fsp3) is 0.183. The highest BCUT2D eigenvalue weighted by Gasteiger charge is 2.29. The topological polar surface area (TPSA) is 342 Å². The number of nitrogens with zero attached hydrogens (tertiary/aromatic N) is 15. The van der Waals surface area contributed by atoms with E-state index in [0.717, 1.165) is 201 Å². The van der Waals surface area contributed by atoms with Crippen molar-refractivity contribution in [2.75, 3.05) is 111 Å². The minimum absolute atomic E-state index is 0.00251. The van der Waals surface area contributed by atoms with Gasteiger partial charge in [0.15, 0.2) is 22.6 Å². The molecule has 141 heavy (non-hydrogen) atoms. The number of fused-ring (bicyclic) bond motifs is 6. The minimum atomic E-state index is -3.47. The third-order valence-electron chi connectivity index (χ3n) is 26.4. The van der Waals surface area contributed by atoms with E-state index in [0.29, 0.717) is 54.8 Å². The third kappa shape index (κ3) is 19.8. The first-order chi connectivity index (χ1) is 68.7. The summed E-state index contributed by atoms with van der Waals surface area (Å²) in [4.78, 5) is 113. The summed E-state index contributed by atoms with van der Waals surface area (Å²) in [6, 6.07) is 82.1. The second kappa shape index (κ2) is 40.3. The first kappa shape index (κ1) is 91.6. The lowest BCUT2D eigenvalue weighted by molar-refractivity contribution is 0.0711. The van der Waals surface area contributed by atoms with E-state index in [9.17, 15) is 37.2 Å². The van der Waals surface area contributed by atoms with Crippen molar-refractivity contribution in [3.8, 4) is 45.0 Å². The van der Waals surface area contributed by atoms with Gasteiger partial charge in [-0.2, -0.15) is 0 Å². The normalized spacial score (nSPS) is 14.3. The number of carbonyl (C=O) groups is 4. The van der Waals surface area contributed by atoms with E-state index in [1.165, 1.54) is 29.7 Å². The van der Waals surface area contributed by atoms with Gasteiger partial charge in [0.05, 0.1) is 50.4 Å². The highest BCUT2D eigenvalue weighted by atomic mass is 32.2. The van der Waals surface area contributed by atoms with Crippen molar-refractivity contribution in [2.45, 2.75) is 56.6 Å². The average Bonchev–Trinajstić information content (AvgIpc) is 1.66. The Morgan fingerprint density at radius 2 is 0.780 bits per heavy atom. The molecule has 0 bridgehead atoms. The quantitative estimate of drug-likeness (QED) is 0.0351. The van der Waals surface area contributed by atoms with Crippen molar-refractivity contribution in [1.82, 2.24) is 82.1 Å².